The first-order valence-corrected chi connectivity index (χ1v) is 15.7. The molecule has 1 aliphatic carbocycles. The van der Waals surface area contributed by atoms with Gasteiger partial charge in [0.25, 0.3) is 11.5 Å². The molecule has 5 aromatic rings. The Morgan fingerprint density at radius 3 is 2.16 bits per heavy atom. The fourth-order valence-electron chi connectivity index (χ4n) is 6.88. The summed E-state index contributed by atoms with van der Waals surface area (Å²) in [6, 6.07) is 14.4. The molecule has 13 heteroatoms. The van der Waals surface area contributed by atoms with Gasteiger partial charge in [-0.3, -0.25) is 9.59 Å². The lowest BCUT2D eigenvalue weighted by atomic mass is 9.82. The van der Waals surface area contributed by atoms with Gasteiger partial charge in [-0.15, -0.1) is 0 Å². The molecule has 0 bridgehead atoms. The van der Waals surface area contributed by atoms with Crippen molar-refractivity contribution in [1.29, 1.82) is 0 Å². The minimum Gasteiger partial charge on any atom is -0.480 e. The van der Waals surface area contributed by atoms with Crippen LogP contribution in [0, 0.1) is 11.6 Å². The van der Waals surface area contributed by atoms with Crippen molar-refractivity contribution in [2.75, 3.05) is 0 Å². The van der Waals surface area contributed by atoms with E-state index in [0.717, 1.165) is 16.7 Å². The number of fused-ring (bicyclic) bond motifs is 2. The number of hydrogen-bond acceptors (Lipinski definition) is 3. The Bertz CT molecular complexity index is 2200. The molecule has 260 valence electrons. The number of para-hydroxylation sites is 1. The van der Waals surface area contributed by atoms with E-state index < -0.39 is 89.1 Å². The number of pyridine rings is 1. The van der Waals surface area contributed by atoms with Crippen molar-refractivity contribution in [3.05, 3.63) is 117 Å². The average molecular weight is 699 g/mol. The topological polar surface area (TPSA) is 88.4 Å². The maximum absolute atomic E-state index is 15.1. The fourth-order valence-corrected chi connectivity index (χ4v) is 6.88. The van der Waals surface area contributed by atoms with Gasteiger partial charge in [-0.25, -0.2) is 22.4 Å². The lowest BCUT2D eigenvalue weighted by molar-refractivity contribution is -0.139. The number of aliphatic carboxylic acids is 1. The van der Waals surface area contributed by atoms with Gasteiger partial charge in [0.05, 0.1) is 16.6 Å². The number of rotatable bonds is 7. The Kier molecular flexibility index (Phi) is 8.96. The average Bonchev–Trinajstić information content (AvgIpc) is 3.05. The van der Waals surface area contributed by atoms with Crippen molar-refractivity contribution in [1.82, 2.24) is 9.88 Å². The van der Waals surface area contributed by atoms with E-state index in [1.807, 2.05) is 0 Å². The highest BCUT2D eigenvalue weighted by atomic mass is 19.4. The molecule has 0 aliphatic heterocycles. The summed E-state index contributed by atoms with van der Waals surface area (Å²) in [5, 5.41) is 12.4. The lowest BCUT2D eigenvalue weighted by Crippen LogP contribution is -2.43. The van der Waals surface area contributed by atoms with E-state index in [-0.39, 0.29) is 51.2 Å². The number of nitrogens with one attached hydrogen (secondary N) is 1. The Labute approximate surface area is 280 Å². The Balaban J connectivity index is 1.35. The zero-order valence-corrected chi connectivity index (χ0v) is 26.4. The van der Waals surface area contributed by atoms with Crippen LogP contribution in [0.2, 0.25) is 0 Å². The molecule has 2 N–H and O–H groups in total. The number of carbonyl (C=O) groups excluding carboxylic acids is 1. The molecule has 1 atom stereocenters. The van der Waals surface area contributed by atoms with Crippen molar-refractivity contribution in [2.45, 2.75) is 56.2 Å². The van der Waals surface area contributed by atoms with E-state index in [1.54, 1.807) is 0 Å². The van der Waals surface area contributed by atoms with Gasteiger partial charge in [0.2, 0.25) is 5.92 Å². The summed E-state index contributed by atoms with van der Waals surface area (Å²) in [6.45, 7) is 0. The van der Waals surface area contributed by atoms with Crippen LogP contribution in [0.5, 0.6) is 0 Å². The monoisotopic (exact) mass is 698 g/mol. The standard InChI is InChI=1S/C37H29F7N2O4/c1-46-29-11-3-2-7-25(29)32(37(42,43)44)30(34(46)48)24-10-5-8-22-20(6-4-9-23(22)24)18-28(35(49)50)45-33(47)31-26(38)16-21(17-27(31)39)19-12-14-36(40,41)15-13-19/h2-11,16-17,19,28H,12-15,18H2,1H3,(H,45,47)(H,49,50)/t28-/m0/s1. The summed E-state index contributed by atoms with van der Waals surface area (Å²) in [7, 11) is 1.36. The maximum Gasteiger partial charge on any atom is 0.417 e. The summed E-state index contributed by atoms with van der Waals surface area (Å²) in [6.07, 6.45) is -6.25. The van der Waals surface area contributed by atoms with Crippen molar-refractivity contribution in [3.8, 4) is 11.1 Å². The Morgan fingerprint density at radius 2 is 1.52 bits per heavy atom. The third-order valence-corrected chi connectivity index (χ3v) is 9.38. The van der Waals surface area contributed by atoms with E-state index in [1.165, 1.54) is 67.7 Å². The largest absolute Gasteiger partial charge is 0.480 e. The molecule has 1 aromatic heterocycles. The third kappa shape index (κ3) is 6.44. The van der Waals surface area contributed by atoms with Crippen molar-refractivity contribution < 1.29 is 45.4 Å². The summed E-state index contributed by atoms with van der Waals surface area (Å²) < 4.78 is 102. The number of alkyl halides is 5. The zero-order valence-electron chi connectivity index (χ0n) is 26.4. The first kappa shape index (κ1) is 34.7. The molecule has 1 heterocycles. The minimum absolute atomic E-state index is 0.00177. The van der Waals surface area contributed by atoms with Crippen molar-refractivity contribution in [2.24, 2.45) is 7.05 Å². The highest BCUT2D eigenvalue weighted by Crippen LogP contribution is 2.43. The van der Waals surface area contributed by atoms with Gasteiger partial charge < -0.3 is 15.0 Å². The van der Waals surface area contributed by atoms with E-state index in [0.29, 0.717) is 0 Å². The van der Waals surface area contributed by atoms with Crippen LogP contribution >= 0.6 is 0 Å². The highest BCUT2D eigenvalue weighted by molar-refractivity contribution is 6.02. The number of carbonyl (C=O) groups is 2. The van der Waals surface area contributed by atoms with E-state index in [9.17, 15) is 41.4 Å². The normalized spacial score (nSPS) is 15.7. The van der Waals surface area contributed by atoms with Crippen LogP contribution in [0.1, 0.15) is 58.6 Å². The smallest absolute Gasteiger partial charge is 0.417 e. The van der Waals surface area contributed by atoms with Crippen molar-refractivity contribution in [3.63, 3.8) is 0 Å². The van der Waals surface area contributed by atoms with Crippen LogP contribution < -0.4 is 10.9 Å². The molecule has 1 amide bonds. The Hall–Kier alpha value is -5.20. The first-order valence-electron chi connectivity index (χ1n) is 15.7. The first-order chi connectivity index (χ1) is 23.6. The molecule has 1 fully saturated rings. The quantitative estimate of drug-likeness (QED) is 0.167. The summed E-state index contributed by atoms with van der Waals surface area (Å²) in [5.74, 6) is -8.90. The molecule has 0 spiro atoms. The number of aryl methyl sites for hydroxylation is 1. The van der Waals surface area contributed by atoms with Gasteiger partial charge in [-0.05, 0) is 64.4 Å². The van der Waals surface area contributed by atoms with Gasteiger partial charge in [0.15, 0.2) is 0 Å². The van der Waals surface area contributed by atoms with Gasteiger partial charge in [-0.2, -0.15) is 13.2 Å². The van der Waals surface area contributed by atoms with Gasteiger partial charge in [0.1, 0.15) is 23.2 Å². The van der Waals surface area contributed by atoms with Crippen LogP contribution in [0.4, 0.5) is 30.7 Å². The second-order valence-electron chi connectivity index (χ2n) is 12.5. The van der Waals surface area contributed by atoms with Gasteiger partial charge in [-0.1, -0.05) is 54.6 Å². The molecule has 0 radical (unpaired) electrons. The van der Waals surface area contributed by atoms with E-state index in [4.69, 9.17) is 0 Å². The highest BCUT2D eigenvalue weighted by Gasteiger charge is 2.39. The third-order valence-electron chi connectivity index (χ3n) is 9.38. The molecular weight excluding hydrogens is 669 g/mol. The number of halogens is 7. The Morgan fingerprint density at radius 1 is 0.920 bits per heavy atom. The van der Waals surface area contributed by atoms with Gasteiger partial charge in [0, 0.05) is 31.7 Å². The summed E-state index contributed by atoms with van der Waals surface area (Å²) in [5.41, 5.74) is -3.27. The SMILES string of the molecule is Cn1c(=O)c(-c2cccc3c(C[C@H](NC(=O)c4c(F)cc(C5CCC(F)(F)CC5)cc4F)C(=O)O)cccc23)c(C(F)(F)F)c2ccccc21. The van der Waals surface area contributed by atoms with Crippen LogP contribution in [0.15, 0.2) is 77.6 Å². The van der Waals surface area contributed by atoms with Gasteiger partial charge >= 0.3 is 12.1 Å². The molecule has 1 aliphatic rings. The molecule has 1 saturated carbocycles. The molecule has 50 heavy (non-hydrogen) atoms. The van der Waals surface area contributed by atoms with E-state index in [2.05, 4.69) is 5.32 Å². The minimum atomic E-state index is -4.92. The molecule has 0 saturated heterocycles. The number of nitrogens with zero attached hydrogens (tertiary/aromatic N) is 1. The molecular formula is C37H29F7N2O4. The number of aromatic nitrogens is 1. The predicted molar refractivity (Wildman–Crippen MR) is 172 cm³/mol. The summed E-state index contributed by atoms with van der Waals surface area (Å²) >= 11 is 0. The van der Waals surface area contributed by atoms with Crippen LogP contribution in [-0.4, -0.2) is 33.5 Å². The second-order valence-corrected chi connectivity index (χ2v) is 12.5. The van der Waals surface area contributed by atoms with Crippen LogP contribution in [0.3, 0.4) is 0 Å². The second kappa shape index (κ2) is 12.9. The molecule has 0 unspecified atom stereocenters. The van der Waals surface area contributed by atoms with E-state index >= 15 is 8.78 Å². The number of amides is 1. The maximum atomic E-state index is 15.1. The number of hydrogen-bond donors (Lipinski definition) is 2. The summed E-state index contributed by atoms with van der Waals surface area (Å²) in [4.78, 5) is 38.9. The molecule has 6 nitrogen and oxygen atoms in total. The predicted octanol–water partition coefficient (Wildman–Crippen LogP) is 8.37. The molecule has 6 rings (SSSR count). The number of benzene rings is 4. The van der Waals surface area contributed by atoms with Crippen LogP contribution in [0.25, 0.3) is 32.8 Å². The van der Waals surface area contributed by atoms with Crippen molar-refractivity contribution >= 4 is 33.6 Å². The lowest BCUT2D eigenvalue weighted by Gasteiger charge is -2.28. The molecule has 4 aromatic carbocycles. The number of carboxylic acid groups (broad SMARTS) is 1. The number of carboxylic acids is 1. The fraction of sp³-hybridized carbons (Fsp3) is 0.270. The van der Waals surface area contributed by atoms with Crippen LogP contribution in [-0.2, 0) is 24.4 Å². The zero-order chi connectivity index (χ0) is 36.1.